The Kier molecular flexibility index (Phi) is 2.96. The summed E-state index contributed by atoms with van der Waals surface area (Å²) in [6.45, 7) is 0. The van der Waals surface area contributed by atoms with Crippen molar-refractivity contribution in [2.24, 2.45) is 9.03 Å². The summed E-state index contributed by atoms with van der Waals surface area (Å²) in [7, 11) is -11.4. The fraction of sp³-hybridized carbons (Fsp3) is 1.00. The molecule has 0 aromatic carbocycles. The molecule has 0 spiro atoms. The van der Waals surface area contributed by atoms with Crippen LogP contribution in [0.3, 0.4) is 0 Å². The molecule has 0 amide bonds. The molecule has 1 aliphatic rings. The number of nitrogens with zero attached hydrogens (tertiary/aromatic N) is 2. The molecule has 12 heavy (non-hydrogen) atoms. The van der Waals surface area contributed by atoms with Crippen molar-refractivity contribution in [2.45, 2.75) is 0 Å². The number of halogens is 4. The molecule has 1 aliphatic heterocycles. The molecular weight excluding hydrogens is 239 g/mol. The van der Waals surface area contributed by atoms with Crippen LogP contribution in [0.1, 0.15) is 0 Å². The van der Waals surface area contributed by atoms with Crippen LogP contribution in [-0.2, 0) is 4.52 Å². The van der Waals surface area contributed by atoms with Crippen molar-refractivity contribution < 1.29 is 21.3 Å². The van der Waals surface area contributed by atoms with Gasteiger partial charge in [0.15, 0.2) is 0 Å². The Morgan fingerprint density at radius 3 is 2.33 bits per heavy atom. The maximum atomic E-state index is 12.4. The van der Waals surface area contributed by atoms with Gasteiger partial charge in [-0.15, -0.1) is 12.9 Å². The van der Waals surface area contributed by atoms with Crippen molar-refractivity contribution in [1.29, 1.82) is 0 Å². The van der Waals surface area contributed by atoms with Crippen LogP contribution in [0.5, 0.6) is 0 Å². The van der Waals surface area contributed by atoms with Crippen LogP contribution in [0, 0.1) is 0 Å². The first-order valence-electron chi connectivity index (χ1n) is 2.51. The first kappa shape index (κ1) is 10.6. The third-order valence-electron chi connectivity index (χ3n) is 0.788. The fourth-order valence-corrected chi connectivity index (χ4v) is 5.28. The largest absolute Gasteiger partial charge is 0.422 e. The minimum Gasteiger partial charge on any atom is -0.329 e. The van der Waals surface area contributed by atoms with Crippen molar-refractivity contribution >= 4 is 24.1 Å². The fourth-order valence-electron chi connectivity index (χ4n) is 0.471. The Labute approximate surface area is 67.3 Å². The van der Waals surface area contributed by atoms with Gasteiger partial charge in [-0.05, 0) is 0 Å². The van der Waals surface area contributed by atoms with Gasteiger partial charge < -0.3 is 4.52 Å². The normalized spacial score (nSPS) is 31.9. The van der Waals surface area contributed by atoms with Crippen molar-refractivity contribution in [3.63, 3.8) is 0 Å². The van der Waals surface area contributed by atoms with Gasteiger partial charge in [0.25, 0.3) is 0 Å². The third kappa shape index (κ3) is 2.79. The van der Waals surface area contributed by atoms with E-state index < -0.39 is 24.1 Å². The van der Waals surface area contributed by atoms with E-state index in [1.54, 1.807) is 0 Å². The summed E-state index contributed by atoms with van der Waals surface area (Å²) in [5.41, 5.74) is 0. The molecule has 0 saturated heterocycles. The van der Waals surface area contributed by atoms with Gasteiger partial charge in [0, 0.05) is 7.11 Å². The average Bonchev–Trinajstić information content (AvgIpc) is 1.80. The number of rotatable bonds is 1. The molecule has 1 unspecified atom stereocenters. The first-order valence-corrected chi connectivity index (χ1v) is 6.73. The van der Waals surface area contributed by atoms with Crippen LogP contribution >= 0.6 is 24.1 Å². The first-order chi connectivity index (χ1) is 5.35. The zero-order valence-corrected chi connectivity index (χ0v) is 8.34. The monoisotopic (exact) mass is 243 g/mol. The smallest absolute Gasteiger partial charge is 0.329 e. The number of hydrogen-bond acceptors (Lipinski definition) is 4. The average molecular weight is 243 g/mol. The molecule has 0 aromatic rings. The Morgan fingerprint density at radius 1 is 1.33 bits per heavy atom. The summed E-state index contributed by atoms with van der Waals surface area (Å²) in [6, 6.07) is 0. The summed E-state index contributed by atoms with van der Waals surface area (Å²) in [5.74, 6) is 0. The van der Waals surface area contributed by atoms with Crippen molar-refractivity contribution in [3.8, 4) is 0 Å². The van der Waals surface area contributed by atoms with E-state index >= 15 is 0 Å². The lowest BCUT2D eigenvalue weighted by molar-refractivity contribution is 0.457. The van der Waals surface area contributed by atoms with E-state index in [0.717, 1.165) is 7.11 Å². The van der Waals surface area contributed by atoms with Gasteiger partial charge in [0.05, 0.1) is 0 Å². The second-order valence-corrected chi connectivity index (χ2v) is 6.70. The highest BCUT2D eigenvalue weighted by Crippen LogP contribution is 2.75. The Hall–Kier alpha value is 0.530. The van der Waals surface area contributed by atoms with E-state index in [-0.39, 0.29) is 0 Å². The molecule has 4 nitrogen and oxygen atoms in total. The van der Waals surface area contributed by atoms with Crippen molar-refractivity contribution in [3.05, 3.63) is 0 Å². The van der Waals surface area contributed by atoms with Gasteiger partial charge in [-0.25, -0.2) is 0 Å². The zero-order chi connectivity index (χ0) is 9.41. The van der Waals surface area contributed by atoms with E-state index in [4.69, 9.17) is 0 Å². The maximum absolute atomic E-state index is 12.4. The maximum Gasteiger partial charge on any atom is 0.422 e. The van der Waals surface area contributed by atoms with Gasteiger partial charge >= 0.3 is 15.7 Å². The molecule has 0 radical (unpaired) electrons. The van der Waals surface area contributed by atoms with Crippen LogP contribution in [-0.4, -0.2) is 7.11 Å². The Bertz CT molecular complexity index is 279. The zero-order valence-electron chi connectivity index (χ0n) is 5.66. The highest BCUT2D eigenvalue weighted by molar-refractivity contribution is 7.78. The van der Waals surface area contributed by atoms with Crippen LogP contribution in [0.2, 0.25) is 0 Å². The lowest BCUT2D eigenvalue weighted by Crippen LogP contribution is -1.99. The minimum atomic E-state index is -5.14. The molecule has 0 fully saturated rings. The van der Waals surface area contributed by atoms with Crippen molar-refractivity contribution in [1.82, 2.24) is 4.86 Å². The summed E-state index contributed by atoms with van der Waals surface area (Å²) in [6.07, 6.45) is 0. The van der Waals surface area contributed by atoms with Gasteiger partial charge in [-0.1, -0.05) is 0 Å². The molecular formula is CH4F4N3OP3. The quantitative estimate of drug-likeness (QED) is 0.553. The topological polar surface area (TPSA) is 46.0 Å². The molecule has 1 rings (SSSR count). The van der Waals surface area contributed by atoms with Crippen LogP contribution in [0.25, 0.3) is 0 Å². The minimum absolute atomic E-state index is 1.04. The molecule has 1 atom stereocenters. The molecule has 1 N–H and O–H groups in total. The predicted octanol–water partition coefficient (Wildman–Crippen LogP) is 4.23. The summed E-state index contributed by atoms with van der Waals surface area (Å²) < 4.78 is 58.6. The molecule has 0 aliphatic carbocycles. The third-order valence-corrected chi connectivity index (χ3v) is 6.05. The standard InChI is InChI=1S/CH4F4N3OP3/c1-9-10-6-11(2,3)8-12(4,5)7-10/h6H,1H3. The SMILES string of the molecule is COP1N=P(F)(F)N=P(F)(F)N1. The molecule has 1 heterocycles. The lowest BCUT2D eigenvalue weighted by atomic mass is 11.8. The highest BCUT2D eigenvalue weighted by atomic mass is 31.3. The van der Waals surface area contributed by atoms with Crippen LogP contribution in [0.15, 0.2) is 9.03 Å². The second-order valence-electron chi connectivity index (χ2n) is 1.67. The van der Waals surface area contributed by atoms with Gasteiger partial charge in [0.2, 0.25) is 8.45 Å². The molecule has 72 valence electrons. The van der Waals surface area contributed by atoms with E-state index in [1.165, 1.54) is 4.86 Å². The van der Waals surface area contributed by atoms with Crippen molar-refractivity contribution in [2.75, 3.05) is 7.11 Å². The Balaban J connectivity index is 3.03. The Morgan fingerprint density at radius 2 is 1.92 bits per heavy atom. The van der Waals surface area contributed by atoms with Gasteiger partial charge in [0.1, 0.15) is 0 Å². The number of hydrogen-bond donors (Lipinski definition) is 1. The molecule has 0 bridgehead atoms. The van der Waals surface area contributed by atoms with E-state index in [1.807, 2.05) is 0 Å². The summed E-state index contributed by atoms with van der Waals surface area (Å²) >= 11 is 0. The lowest BCUT2D eigenvalue weighted by Gasteiger charge is -2.18. The summed E-state index contributed by atoms with van der Waals surface area (Å²) in [5, 5.41) is 0. The van der Waals surface area contributed by atoms with E-state index in [0.29, 0.717) is 0 Å². The molecule has 0 aromatic heterocycles. The molecule has 0 saturated carbocycles. The van der Waals surface area contributed by atoms with E-state index in [2.05, 4.69) is 13.6 Å². The van der Waals surface area contributed by atoms with Gasteiger partial charge in [-0.2, -0.15) is 17.8 Å². The second kappa shape index (κ2) is 3.35. The van der Waals surface area contributed by atoms with Crippen LogP contribution < -0.4 is 4.86 Å². The summed E-state index contributed by atoms with van der Waals surface area (Å²) in [4.78, 5) is 1.53. The van der Waals surface area contributed by atoms with Crippen LogP contribution in [0.4, 0.5) is 16.8 Å². The predicted molar refractivity (Wildman–Crippen MR) is 40.2 cm³/mol. The van der Waals surface area contributed by atoms with Gasteiger partial charge in [-0.3, -0.25) is 0 Å². The molecule has 11 heteroatoms. The highest BCUT2D eigenvalue weighted by Gasteiger charge is 2.36. The number of nitrogens with one attached hydrogen (secondary N) is 1. The van der Waals surface area contributed by atoms with E-state index in [9.17, 15) is 16.8 Å².